The second-order valence-electron chi connectivity index (χ2n) is 3.42. The lowest BCUT2D eigenvalue weighted by Crippen LogP contribution is -2.04. The fourth-order valence-corrected chi connectivity index (χ4v) is 3.30. The number of methoxy groups -OCH3 is 1. The van der Waals surface area contributed by atoms with E-state index in [4.69, 9.17) is 10.5 Å². The van der Waals surface area contributed by atoms with Gasteiger partial charge < -0.3 is 10.5 Å². The Morgan fingerprint density at radius 2 is 2.06 bits per heavy atom. The molecule has 0 aliphatic carbocycles. The van der Waals surface area contributed by atoms with E-state index >= 15 is 0 Å². The van der Waals surface area contributed by atoms with Crippen molar-refractivity contribution in [2.45, 2.75) is 4.90 Å². The van der Waals surface area contributed by atoms with Crippen molar-refractivity contribution >= 4 is 27.3 Å². The molecule has 0 aromatic heterocycles. The quantitative estimate of drug-likeness (QED) is 0.641. The van der Waals surface area contributed by atoms with Gasteiger partial charge >= 0.3 is 0 Å². The van der Waals surface area contributed by atoms with Gasteiger partial charge in [0.1, 0.15) is 15.6 Å². The molecule has 0 radical (unpaired) electrons. The van der Waals surface area contributed by atoms with E-state index in [1.807, 2.05) is 6.07 Å². The molecule has 0 saturated heterocycles. The summed E-state index contributed by atoms with van der Waals surface area (Å²) >= 11 is 1.45. The molecule has 0 aliphatic heterocycles. The lowest BCUT2D eigenvalue weighted by molar-refractivity contribution is 0.414. The maximum absolute atomic E-state index is 10.9. The van der Waals surface area contributed by atoms with Crippen LogP contribution in [0.25, 0.3) is 0 Å². The molecule has 16 heavy (non-hydrogen) atoms. The SMILES string of the molecule is COc1cc(N)cc(SCCS(C)(=O)=O)c1. The highest BCUT2D eigenvalue weighted by Crippen LogP contribution is 2.26. The van der Waals surface area contributed by atoms with Crippen LogP contribution in [0.3, 0.4) is 0 Å². The van der Waals surface area contributed by atoms with Crippen LogP contribution in [-0.4, -0.2) is 33.3 Å². The van der Waals surface area contributed by atoms with Gasteiger partial charge in [0.05, 0.1) is 12.9 Å². The zero-order chi connectivity index (χ0) is 12.2. The predicted molar refractivity (Wildman–Crippen MR) is 67.8 cm³/mol. The molecule has 0 unspecified atom stereocenters. The van der Waals surface area contributed by atoms with Crippen molar-refractivity contribution < 1.29 is 13.2 Å². The third-order valence-corrected chi connectivity index (χ3v) is 4.04. The van der Waals surface area contributed by atoms with Gasteiger partial charge in [-0.25, -0.2) is 8.42 Å². The Morgan fingerprint density at radius 1 is 1.38 bits per heavy atom. The van der Waals surface area contributed by atoms with Crippen LogP contribution in [0.15, 0.2) is 23.1 Å². The van der Waals surface area contributed by atoms with Crippen LogP contribution in [0.1, 0.15) is 0 Å². The summed E-state index contributed by atoms with van der Waals surface area (Å²) in [7, 11) is -1.33. The Morgan fingerprint density at radius 3 is 2.62 bits per heavy atom. The summed E-state index contributed by atoms with van der Waals surface area (Å²) in [6.07, 6.45) is 1.23. The molecule has 0 amide bonds. The first kappa shape index (κ1) is 13.2. The minimum atomic E-state index is -2.90. The molecule has 0 atom stereocenters. The third-order valence-electron chi connectivity index (χ3n) is 1.86. The average molecular weight is 261 g/mol. The Kier molecular flexibility index (Phi) is 4.49. The number of nitrogen functional groups attached to an aromatic ring is 1. The van der Waals surface area contributed by atoms with Crippen LogP contribution >= 0.6 is 11.8 Å². The van der Waals surface area contributed by atoms with E-state index in [-0.39, 0.29) is 5.75 Å². The van der Waals surface area contributed by atoms with Gasteiger partial charge in [-0.3, -0.25) is 0 Å². The summed E-state index contributed by atoms with van der Waals surface area (Å²) in [5, 5.41) is 0. The van der Waals surface area contributed by atoms with E-state index < -0.39 is 9.84 Å². The van der Waals surface area contributed by atoms with Crippen molar-refractivity contribution in [3.63, 3.8) is 0 Å². The molecule has 1 rings (SSSR count). The molecule has 0 fully saturated rings. The van der Waals surface area contributed by atoms with Gasteiger partial charge in [0.25, 0.3) is 0 Å². The summed E-state index contributed by atoms with van der Waals surface area (Å²) in [5.74, 6) is 1.36. The standard InChI is InChI=1S/C10H15NO3S2/c1-14-9-5-8(11)6-10(7-9)15-3-4-16(2,12)13/h5-7H,3-4,11H2,1-2H3. The summed E-state index contributed by atoms with van der Waals surface area (Å²) in [4.78, 5) is 0.917. The summed E-state index contributed by atoms with van der Waals surface area (Å²) in [6.45, 7) is 0. The molecule has 0 bridgehead atoms. The number of nitrogens with two attached hydrogens (primary N) is 1. The molecular formula is C10H15NO3S2. The lowest BCUT2D eigenvalue weighted by atomic mass is 10.3. The Bertz CT molecular complexity index is 457. The summed E-state index contributed by atoms with van der Waals surface area (Å²) < 4.78 is 27.0. The molecule has 1 aromatic carbocycles. The molecule has 0 saturated carbocycles. The summed E-state index contributed by atoms with van der Waals surface area (Å²) in [6, 6.07) is 5.36. The highest BCUT2D eigenvalue weighted by atomic mass is 32.2. The number of rotatable bonds is 5. The van der Waals surface area contributed by atoms with Gasteiger partial charge in [-0.05, 0) is 12.1 Å². The van der Waals surface area contributed by atoms with Crippen LogP contribution in [-0.2, 0) is 9.84 Å². The van der Waals surface area contributed by atoms with Gasteiger partial charge in [0.15, 0.2) is 0 Å². The van der Waals surface area contributed by atoms with Crippen molar-refractivity contribution in [1.29, 1.82) is 0 Å². The number of sulfone groups is 1. The number of anilines is 1. The Hall–Kier alpha value is -0.880. The topological polar surface area (TPSA) is 69.4 Å². The van der Waals surface area contributed by atoms with Gasteiger partial charge in [-0.2, -0.15) is 0 Å². The smallest absolute Gasteiger partial charge is 0.148 e. The van der Waals surface area contributed by atoms with E-state index in [9.17, 15) is 8.42 Å². The van der Waals surface area contributed by atoms with Crippen LogP contribution in [0.4, 0.5) is 5.69 Å². The maximum atomic E-state index is 10.9. The lowest BCUT2D eigenvalue weighted by Gasteiger charge is -2.06. The zero-order valence-electron chi connectivity index (χ0n) is 9.26. The van der Waals surface area contributed by atoms with Crippen molar-refractivity contribution in [3.8, 4) is 5.75 Å². The van der Waals surface area contributed by atoms with Gasteiger partial charge in [0, 0.05) is 28.7 Å². The molecule has 0 spiro atoms. The summed E-state index contributed by atoms with van der Waals surface area (Å²) in [5.41, 5.74) is 6.29. The first-order valence-electron chi connectivity index (χ1n) is 4.66. The minimum Gasteiger partial charge on any atom is -0.497 e. The number of hydrogen-bond acceptors (Lipinski definition) is 5. The fraction of sp³-hybridized carbons (Fsp3) is 0.400. The highest BCUT2D eigenvalue weighted by molar-refractivity contribution is 8.00. The first-order valence-corrected chi connectivity index (χ1v) is 7.70. The molecule has 6 heteroatoms. The fourth-order valence-electron chi connectivity index (χ4n) is 1.11. The maximum Gasteiger partial charge on any atom is 0.148 e. The van der Waals surface area contributed by atoms with Crippen molar-refractivity contribution in [1.82, 2.24) is 0 Å². The highest BCUT2D eigenvalue weighted by Gasteiger charge is 2.04. The molecule has 4 nitrogen and oxygen atoms in total. The molecule has 2 N–H and O–H groups in total. The Labute approximate surface area is 100 Å². The van der Waals surface area contributed by atoms with E-state index in [0.29, 0.717) is 17.2 Å². The largest absolute Gasteiger partial charge is 0.497 e. The van der Waals surface area contributed by atoms with E-state index in [0.717, 1.165) is 4.90 Å². The minimum absolute atomic E-state index is 0.161. The number of hydrogen-bond donors (Lipinski definition) is 1. The second-order valence-corrected chi connectivity index (χ2v) is 6.85. The predicted octanol–water partition coefficient (Wildman–Crippen LogP) is 1.41. The first-order chi connectivity index (χ1) is 7.40. The molecule has 90 valence electrons. The number of thioether (sulfide) groups is 1. The van der Waals surface area contributed by atoms with E-state index in [1.54, 1.807) is 19.2 Å². The molecule has 1 aromatic rings. The number of ether oxygens (including phenoxy) is 1. The van der Waals surface area contributed by atoms with Gasteiger partial charge in [0.2, 0.25) is 0 Å². The molecule has 0 heterocycles. The second kappa shape index (κ2) is 5.45. The average Bonchev–Trinajstić information content (AvgIpc) is 2.14. The molecular weight excluding hydrogens is 246 g/mol. The van der Waals surface area contributed by atoms with Crippen molar-refractivity contribution in [2.24, 2.45) is 0 Å². The van der Waals surface area contributed by atoms with E-state index in [1.165, 1.54) is 18.0 Å². The third kappa shape index (κ3) is 4.76. The zero-order valence-corrected chi connectivity index (χ0v) is 10.9. The normalized spacial score (nSPS) is 11.4. The Balaban J connectivity index is 2.63. The van der Waals surface area contributed by atoms with Gasteiger partial charge in [-0.15, -0.1) is 11.8 Å². The van der Waals surface area contributed by atoms with E-state index in [2.05, 4.69) is 0 Å². The van der Waals surface area contributed by atoms with Crippen LogP contribution in [0, 0.1) is 0 Å². The molecule has 0 aliphatic rings. The van der Waals surface area contributed by atoms with Crippen LogP contribution < -0.4 is 10.5 Å². The van der Waals surface area contributed by atoms with Crippen LogP contribution in [0.5, 0.6) is 5.75 Å². The monoisotopic (exact) mass is 261 g/mol. The van der Waals surface area contributed by atoms with Gasteiger partial charge in [-0.1, -0.05) is 0 Å². The number of benzene rings is 1. The van der Waals surface area contributed by atoms with Crippen molar-refractivity contribution in [3.05, 3.63) is 18.2 Å². The van der Waals surface area contributed by atoms with Crippen molar-refractivity contribution in [2.75, 3.05) is 30.6 Å². The van der Waals surface area contributed by atoms with Crippen LogP contribution in [0.2, 0.25) is 0 Å².